The van der Waals surface area contributed by atoms with E-state index in [-0.39, 0.29) is 22.8 Å². The van der Waals surface area contributed by atoms with Gasteiger partial charge in [0.15, 0.2) is 5.69 Å². The lowest BCUT2D eigenvalue weighted by Gasteiger charge is -2.11. The normalized spacial score (nSPS) is 10.5. The van der Waals surface area contributed by atoms with Crippen LogP contribution < -0.4 is 15.6 Å². The summed E-state index contributed by atoms with van der Waals surface area (Å²) in [5.41, 5.74) is 1.05. The Labute approximate surface area is 171 Å². The standard InChI is InChI=1S/C20H17Cl2N3O3/c1-2-28-17-9-8-16(22)19(24-17)20(27)23-14-7-10-18(26)25(12-14)11-13-5-3-4-6-15(13)21/h3-10,12H,2,11H2,1H3,(H,23,27). The van der Waals surface area contributed by atoms with Crippen molar-refractivity contribution in [3.05, 3.63) is 86.4 Å². The number of rotatable bonds is 6. The molecule has 3 rings (SSSR count). The molecule has 2 aromatic heterocycles. The molecule has 0 aliphatic carbocycles. The Kier molecular flexibility index (Phi) is 6.34. The van der Waals surface area contributed by atoms with Gasteiger partial charge in [-0.2, -0.15) is 0 Å². The Bertz CT molecular complexity index is 1070. The van der Waals surface area contributed by atoms with Crippen LogP contribution in [0.2, 0.25) is 10.0 Å². The summed E-state index contributed by atoms with van der Waals surface area (Å²) in [4.78, 5) is 28.9. The van der Waals surface area contributed by atoms with Gasteiger partial charge >= 0.3 is 0 Å². The lowest BCUT2D eigenvalue weighted by molar-refractivity contribution is 0.102. The predicted octanol–water partition coefficient (Wildman–Crippen LogP) is 4.25. The summed E-state index contributed by atoms with van der Waals surface area (Å²) < 4.78 is 6.77. The highest BCUT2D eigenvalue weighted by molar-refractivity contribution is 6.34. The van der Waals surface area contributed by atoms with Crippen molar-refractivity contribution >= 4 is 34.8 Å². The Morgan fingerprint density at radius 1 is 1.11 bits per heavy atom. The average Bonchev–Trinajstić information content (AvgIpc) is 2.68. The van der Waals surface area contributed by atoms with Crippen LogP contribution in [-0.2, 0) is 6.54 Å². The number of benzene rings is 1. The van der Waals surface area contributed by atoms with Gasteiger partial charge in [-0.25, -0.2) is 4.98 Å². The highest BCUT2D eigenvalue weighted by Crippen LogP contribution is 2.20. The van der Waals surface area contributed by atoms with Gasteiger partial charge in [0.25, 0.3) is 11.5 Å². The molecule has 6 nitrogen and oxygen atoms in total. The largest absolute Gasteiger partial charge is 0.478 e. The van der Waals surface area contributed by atoms with Gasteiger partial charge in [-0.1, -0.05) is 41.4 Å². The molecule has 0 saturated carbocycles. The highest BCUT2D eigenvalue weighted by Gasteiger charge is 2.15. The second-order valence-electron chi connectivity index (χ2n) is 5.84. The van der Waals surface area contributed by atoms with Gasteiger partial charge in [0, 0.05) is 23.4 Å². The van der Waals surface area contributed by atoms with E-state index in [4.69, 9.17) is 27.9 Å². The number of aromatic nitrogens is 2. The van der Waals surface area contributed by atoms with E-state index < -0.39 is 5.91 Å². The molecule has 0 saturated heterocycles. The number of nitrogens with one attached hydrogen (secondary N) is 1. The highest BCUT2D eigenvalue weighted by atomic mass is 35.5. The van der Waals surface area contributed by atoms with Crippen LogP contribution in [0.25, 0.3) is 0 Å². The molecule has 0 unspecified atom stereocenters. The summed E-state index contributed by atoms with van der Waals surface area (Å²) in [6.45, 7) is 2.52. The van der Waals surface area contributed by atoms with Gasteiger partial charge in [-0.15, -0.1) is 0 Å². The van der Waals surface area contributed by atoms with E-state index in [0.29, 0.717) is 23.2 Å². The fourth-order valence-electron chi connectivity index (χ4n) is 2.54. The van der Waals surface area contributed by atoms with Gasteiger partial charge in [0.05, 0.1) is 23.9 Å². The van der Waals surface area contributed by atoms with Crippen LogP contribution in [0, 0.1) is 0 Å². The van der Waals surface area contributed by atoms with Crippen LogP contribution in [0.3, 0.4) is 0 Å². The number of ether oxygens (including phenoxy) is 1. The second kappa shape index (κ2) is 8.91. The molecule has 0 aliphatic rings. The summed E-state index contributed by atoms with van der Waals surface area (Å²) >= 11 is 12.3. The SMILES string of the molecule is CCOc1ccc(Cl)c(C(=O)Nc2ccc(=O)n(Cc3ccccc3Cl)c2)n1. The van der Waals surface area contributed by atoms with Crippen LogP contribution in [0.4, 0.5) is 5.69 Å². The number of halogens is 2. The molecule has 0 atom stereocenters. The van der Waals surface area contributed by atoms with E-state index in [9.17, 15) is 9.59 Å². The molecule has 144 valence electrons. The monoisotopic (exact) mass is 417 g/mol. The molecule has 3 aromatic rings. The van der Waals surface area contributed by atoms with Crippen molar-refractivity contribution in [2.75, 3.05) is 11.9 Å². The van der Waals surface area contributed by atoms with Crippen LogP contribution in [0.15, 0.2) is 59.5 Å². The van der Waals surface area contributed by atoms with Crippen LogP contribution in [0.1, 0.15) is 23.0 Å². The average molecular weight is 418 g/mol. The van der Waals surface area contributed by atoms with Gasteiger partial charge < -0.3 is 14.6 Å². The summed E-state index contributed by atoms with van der Waals surface area (Å²) in [5.74, 6) is -0.199. The molecule has 2 heterocycles. The van der Waals surface area contributed by atoms with Gasteiger partial charge in [0.1, 0.15) is 0 Å². The Morgan fingerprint density at radius 2 is 1.89 bits per heavy atom. The van der Waals surface area contributed by atoms with E-state index in [1.807, 2.05) is 25.1 Å². The topological polar surface area (TPSA) is 73.2 Å². The van der Waals surface area contributed by atoms with Crippen molar-refractivity contribution in [3.63, 3.8) is 0 Å². The third kappa shape index (κ3) is 4.71. The molecule has 1 aromatic carbocycles. The Morgan fingerprint density at radius 3 is 2.64 bits per heavy atom. The van der Waals surface area contributed by atoms with Gasteiger partial charge in [-0.05, 0) is 30.7 Å². The zero-order valence-electron chi connectivity index (χ0n) is 15.0. The number of carbonyl (C=O) groups is 1. The Balaban J connectivity index is 1.83. The zero-order chi connectivity index (χ0) is 20.1. The fourth-order valence-corrected chi connectivity index (χ4v) is 2.93. The number of pyridine rings is 2. The smallest absolute Gasteiger partial charge is 0.276 e. The molecule has 8 heteroatoms. The van der Waals surface area contributed by atoms with Gasteiger partial charge in [0.2, 0.25) is 5.88 Å². The zero-order valence-corrected chi connectivity index (χ0v) is 16.5. The first-order valence-corrected chi connectivity index (χ1v) is 9.28. The lowest BCUT2D eigenvalue weighted by Crippen LogP contribution is -2.21. The van der Waals surface area contributed by atoms with Crippen molar-refractivity contribution in [2.24, 2.45) is 0 Å². The van der Waals surface area contributed by atoms with Gasteiger partial charge in [-0.3, -0.25) is 9.59 Å². The first-order chi connectivity index (χ1) is 13.5. The van der Waals surface area contributed by atoms with Crippen molar-refractivity contribution in [3.8, 4) is 5.88 Å². The predicted molar refractivity (Wildman–Crippen MR) is 110 cm³/mol. The molecule has 0 aliphatic heterocycles. The molecule has 1 amide bonds. The summed E-state index contributed by atoms with van der Waals surface area (Å²) in [5, 5.41) is 3.46. The van der Waals surface area contributed by atoms with Crippen LogP contribution >= 0.6 is 23.2 Å². The molecular weight excluding hydrogens is 401 g/mol. The molecule has 1 N–H and O–H groups in total. The molecule has 0 spiro atoms. The minimum Gasteiger partial charge on any atom is -0.478 e. The maximum absolute atomic E-state index is 12.6. The third-order valence-corrected chi connectivity index (χ3v) is 4.54. The fraction of sp³-hybridized carbons (Fsp3) is 0.150. The molecule has 0 bridgehead atoms. The minimum absolute atomic E-state index is 0.0384. The molecule has 0 fully saturated rings. The maximum atomic E-state index is 12.6. The van der Waals surface area contributed by atoms with E-state index in [1.54, 1.807) is 24.4 Å². The summed E-state index contributed by atoms with van der Waals surface area (Å²) in [6, 6.07) is 13.3. The number of amides is 1. The molecule has 28 heavy (non-hydrogen) atoms. The molecular formula is C20H17Cl2N3O3. The number of nitrogens with zero attached hydrogens (tertiary/aromatic N) is 2. The van der Waals surface area contributed by atoms with E-state index in [2.05, 4.69) is 10.3 Å². The van der Waals surface area contributed by atoms with E-state index in [0.717, 1.165) is 5.56 Å². The quantitative estimate of drug-likeness (QED) is 0.650. The van der Waals surface area contributed by atoms with E-state index in [1.165, 1.54) is 16.7 Å². The lowest BCUT2D eigenvalue weighted by atomic mass is 10.2. The van der Waals surface area contributed by atoms with Crippen LogP contribution in [-0.4, -0.2) is 22.1 Å². The van der Waals surface area contributed by atoms with Crippen molar-refractivity contribution < 1.29 is 9.53 Å². The first-order valence-electron chi connectivity index (χ1n) is 8.52. The third-order valence-electron chi connectivity index (χ3n) is 3.87. The number of carbonyl (C=O) groups excluding carboxylic acids is 1. The number of hydrogen-bond donors (Lipinski definition) is 1. The summed E-state index contributed by atoms with van der Waals surface area (Å²) in [7, 11) is 0. The maximum Gasteiger partial charge on any atom is 0.276 e. The number of hydrogen-bond acceptors (Lipinski definition) is 4. The van der Waals surface area contributed by atoms with Crippen molar-refractivity contribution in [2.45, 2.75) is 13.5 Å². The van der Waals surface area contributed by atoms with Crippen LogP contribution in [0.5, 0.6) is 5.88 Å². The minimum atomic E-state index is -0.505. The number of anilines is 1. The molecule has 0 radical (unpaired) electrons. The second-order valence-corrected chi connectivity index (χ2v) is 6.66. The summed E-state index contributed by atoms with van der Waals surface area (Å²) in [6.07, 6.45) is 1.55. The van der Waals surface area contributed by atoms with Crippen molar-refractivity contribution in [1.29, 1.82) is 0 Å². The van der Waals surface area contributed by atoms with E-state index >= 15 is 0 Å². The first kappa shape index (κ1) is 19.9. The van der Waals surface area contributed by atoms with Crippen molar-refractivity contribution in [1.82, 2.24) is 9.55 Å². The Hall–Kier alpha value is -2.83.